The van der Waals surface area contributed by atoms with Crippen molar-refractivity contribution in [3.63, 3.8) is 0 Å². The van der Waals surface area contributed by atoms with Crippen LogP contribution in [0, 0.1) is 6.92 Å². The summed E-state index contributed by atoms with van der Waals surface area (Å²) in [6, 6.07) is 23.1. The maximum Gasteiger partial charge on any atom is 0.262 e. The molecule has 3 aliphatic rings. The summed E-state index contributed by atoms with van der Waals surface area (Å²) >= 11 is 0.675. The molecule has 2 bridgehead atoms. The van der Waals surface area contributed by atoms with Crippen LogP contribution in [-0.2, 0) is 17.8 Å². The van der Waals surface area contributed by atoms with Gasteiger partial charge in [-0.15, -0.1) is 0 Å². The molecule has 2 unspecified atom stereocenters. The molecular formula is C33H35N5O3S. The van der Waals surface area contributed by atoms with E-state index < -0.39 is 0 Å². The molecular weight excluding hydrogens is 546 g/mol. The zero-order chi connectivity index (χ0) is 28.6. The normalized spacial score (nSPS) is 19.6. The molecule has 0 saturated carbocycles. The first kappa shape index (κ1) is 27.1. The molecule has 2 atom stereocenters. The summed E-state index contributed by atoms with van der Waals surface area (Å²) in [4.78, 5) is 23.4. The van der Waals surface area contributed by atoms with Crippen LogP contribution in [0.2, 0.25) is 0 Å². The fourth-order valence-electron chi connectivity index (χ4n) is 6.75. The third-order valence-electron chi connectivity index (χ3n) is 8.72. The van der Waals surface area contributed by atoms with E-state index in [0.29, 0.717) is 47.1 Å². The standard InChI is InChI=1S/C33H35N5O3S/c1-21-4-2-5-22-6-3-7-29(33(21)22)37-15-14-27-28(19-37)36-32(16-30(27)38-17-24-8-9-25(18-38)34-24)41-20-31(39)35-23-10-12-26(42-40)13-11-23/h2-7,10-13,16,24-25,34,40H,8-9,14-15,17-20H2,1H3,(H,35,39). The van der Waals surface area contributed by atoms with Crippen molar-refractivity contribution in [2.45, 2.75) is 49.7 Å². The maximum atomic E-state index is 12.8. The van der Waals surface area contributed by atoms with E-state index in [-0.39, 0.29) is 12.5 Å². The van der Waals surface area contributed by atoms with E-state index in [1.54, 1.807) is 24.3 Å². The quantitative estimate of drug-likeness (QED) is 0.242. The highest BCUT2D eigenvalue weighted by molar-refractivity contribution is 7.93. The lowest BCUT2D eigenvalue weighted by molar-refractivity contribution is -0.118. The van der Waals surface area contributed by atoms with Crippen molar-refractivity contribution in [3.05, 3.63) is 83.6 Å². The number of nitrogens with zero attached hydrogens (tertiary/aromatic N) is 3. The molecule has 3 N–H and O–H groups in total. The van der Waals surface area contributed by atoms with Crippen molar-refractivity contribution < 1.29 is 14.1 Å². The summed E-state index contributed by atoms with van der Waals surface area (Å²) in [5.41, 5.74) is 6.66. The maximum absolute atomic E-state index is 12.8. The van der Waals surface area contributed by atoms with Crippen molar-refractivity contribution in [1.82, 2.24) is 10.3 Å². The molecule has 1 amide bonds. The van der Waals surface area contributed by atoms with Crippen LogP contribution < -0.4 is 25.2 Å². The number of carbonyl (C=O) groups excluding carboxylic acids is 1. The number of aromatic nitrogens is 1. The number of anilines is 3. The molecule has 42 heavy (non-hydrogen) atoms. The number of hydrogen-bond acceptors (Lipinski definition) is 8. The number of carbonyl (C=O) groups is 1. The summed E-state index contributed by atoms with van der Waals surface area (Å²) in [5, 5.41) is 9.14. The van der Waals surface area contributed by atoms with Gasteiger partial charge in [-0.3, -0.25) is 4.79 Å². The van der Waals surface area contributed by atoms with Gasteiger partial charge in [0.2, 0.25) is 5.88 Å². The summed E-state index contributed by atoms with van der Waals surface area (Å²) in [6.45, 7) is 5.59. The van der Waals surface area contributed by atoms with Crippen molar-refractivity contribution >= 4 is 45.8 Å². The van der Waals surface area contributed by atoms with Gasteiger partial charge in [0.25, 0.3) is 5.91 Å². The number of fused-ring (bicyclic) bond motifs is 4. The number of nitrogens with one attached hydrogen (secondary N) is 2. The average molecular weight is 582 g/mol. The first-order chi connectivity index (χ1) is 20.5. The van der Waals surface area contributed by atoms with Crippen LogP contribution in [0.4, 0.5) is 17.1 Å². The predicted octanol–water partition coefficient (Wildman–Crippen LogP) is 5.63. The van der Waals surface area contributed by atoms with Crippen LogP contribution in [0.5, 0.6) is 5.88 Å². The Labute approximate surface area is 250 Å². The van der Waals surface area contributed by atoms with Crippen molar-refractivity contribution in [2.24, 2.45) is 0 Å². The van der Waals surface area contributed by atoms with Gasteiger partial charge in [0, 0.05) is 82.7 Å². The molecule has 4 aromatic rings. The average Bonchev–Trinajstić information content (AvgIpc) is 3.36. The van der Waals surface area contributed by atoms with Crippen molar-refractivity contribution in [3.8, 4) is 5.88 Å². The van der Waals surface area contributed by atoms with E-state index in [0.717, 1.165) is 31.7 Å². The molecule has 4 heterocycles. The van der Waals surface area contributed by atoms with Crippen LogP contribution in [0.1, 0.15) is 29.7 Å². The highest BCUT2D eigenvalue weighted by atomic mass is 32.2. The Morgan fingerprint density at radius 2 is 1.81 bits per heavy atom. The van der Waals surface area contributed by atoms with E-state index in [2.05, 4.69) is 63.8 Å². The SMILES string of the molecule is Cc1cccc2cccc(N3CCc4c(N5CC6CCC(C5)N6)cc(OCC(=O)Nc5ccc(SO)cc5)nc4C3)c12. The second-order valence-corrected chi connectivity index (χ2v) is 12.2. The largest absolute Gasteiger partial charge is 0.467 e. The molecule has 216 valence electrons. The van der Waals surface area contributed by atoms with Crippen LogP contribution in [0.15, 0.2) is 71.6 Å². The number of hydrogen-bond donors (Lipinski definition) is 3. The number of aryl methyl sites for hydroxylation is 1. The van der Waals surface area contributed by atoms with Gasteiger partial charge in [-0.25, -0.2) is 4.98 Å². The summed E-state index contributed by atoms with van der Waals surface area (Å²) < 4.78 is 15.2. The van der Waals surface area contributed by atoms with Crippen LogP contribution in [0.3, 0.4) is 0 Å². The smallest absolute Gasteiger partial charge is 0.262 e. The fraction of sp³-hybridized carbons (Fsp3) is 0.333. The third kappa shape index (κ3) is 5.40. The van der Waals surface area contributed by atoms with Gasteiger partial charge in [0.1, 0.15) is 0 Å². The highest BCUT2D eigenvalue weighted by Crippen LogP contribution is 2.37. The van der Waals surface area contributed by atoms with E-state index in [9.17, 15) is 9.35 Å². The molecule has 3 aromatic carbocycles. The number of ether oxygens (including phenoxy) is 1. The van der Waals surface area contributed by atoms with E-state index in [1.165, 1.54) is 46.1 Å². The summed E-state index contributed by atoms with van der Waals surface area (Å²) in [7, 11) is 0. The molecule has 0 aliphatic carbocycles. The molecule has 9 heteroatoms. The minimum Gasteiger partial charge on any atom is -0.467 e. The fourth-order valence-corrected chi connectivity index (χ4v) is 7.01. The zero-order valence-corrected chi connectivity index (χ0v) is 24.5. The number of benzene rings is 3. The molecule has 0 spiro atoms. The Kier molecular flexibility index (Phi) is 7.39. The minimum absolute atomic E-state index is 0.138. The lowest BCUT2D eigenvalue weighted by Gasteiger charge is -2.38. The van der Waals surface area contributed by atoms with Gasteiger partial charge < -0.3 is 29.7 Å². The molecule has 1 aromatic heterocycles. The Bertz CT molecular complexity index is 1610. The van der Waals surface area contributed by atoms with Gasteiger partial charge in [-0.05, 0) is 67.5 Å². The minimum atomic E-state index is -0.256. The van der Waals surface area contributed by atoms with Gasteiger partial charge in [0.15, 0.2) is 6.61 Å². The lowest BCUT2D eigenvalue weighted by Crippen LogP contribution is -2.51. The molecule has 7 rings (SSSR count). The predicted molar refractivity (Wildman–Crippen MR) is 169 cm³/mol. The van der Waals surface area contributed by atoms with Gasteiger partial charge in [-0.2, -0.15) is 0 Å². The third-order valence-corrected chi connectivity index (χ3v) is 9.20. The van der Waals surface area contributed by atoms with E-state index in [4.69, 9.17) is 9.72 Å². The van der Waals surface area contributed by atoms with Crippen LogP contribution in [-0.4, -0.2) is 53.8 Å². The molecule has 3 aliphatic heterocycles. The highest BCUT2D eigenvalue weighted by Gasteiger charge is 2.34. The molecule has 8 nitrogen and oxygen atoms in total. The Morgan fingerprint density at radius 3 is 2.57 bits per heavy atom. The molecule has 2 fully saturated rings. The summed E-state index contributed by atoms with van der Waals surface area (Å²) in [6.07, 6.45) is 3.33. The number of pyridine rings is 1. The van der Waals surface area contributed by atoms with Gasteiger partial charge in [-0.1, -0.05) is 30.3 Å². The number of piperazine rings is 1. The Hall–Kier alpha value is -3.79. The topological polar surface area (TPSA) is 90.0 Å². The van der Waals surface area contributed by atoms with Crippen molar-refractivity contribution in [2.75, 3.05) is 41.4 Å². The first-order valence-corrected chi connectivity index (χ1v) is 15.4. The molecule has 0 radical (unpaired) electrons. The summed E-state index contributed by atoms with van der Waals surface area (Å²) in [5.74, 6) is 0.223. The Balaban J connectivity index is 1.16. The van der Waals surface area contributed by atoms with Crippen molar-refractivity contribution in [1.29, 1.82) is 0 Å². The number of rotatable bonds is 7. The van der Waals surface area contributed by atoms with E-state index in [1.807, 2.05) is 6.07 Å². The second kappa shape index (κ2) is 11.5. The van der Waals surface area contributed by atoms with E-state index >= 15 is 0 Å². The van der Waals surface area contributed by atoms with Gasteiger partial charge >= 0.3 is 0 Å². The monoisotopic (exact) mass is 581 g/mol. The molecule has 2 saturated heterocycles. The number of amides is 1. The van der Waals surface area contributed by atoms with Crippen LogP contribution in [0.25, 0.3) is 10.8 Å². The Morgan fingerprint density at radius 1 is 1.05 bits per heavy atom. The van der Waals surface area contributed by atoms with Crippen LogP contribution >= 0.6 is 12.0 Å². The second-order valence-electron chi connectivity index (χ2n) is 11.5. The van der Waals surface area contributed by atoms with Gasteiger partial charge in [0.05, 0.1) is 12.2 Å². The first-order valence-electron chi connectivity index (χ1n) is 14.7. The lowest BCUT2D eigenvalue weighted by atomic mass is 9.98. The zero-order valence-electron chi connectivity index (χ0n) is 23.7.